The Morgan fingerprint density at radius 3 is 2.67 bits per heavy atom. The lowest BCUT2D eigenvalue weighted by Gasteiger charge is -2.36. The Morgan fingerprint density at radius 1 is 1.40 bits per heavy atom. The zero-order valence-electron chi connectivity index (χ0n) is 9.34. The second kappa shape index (κ2) is 3.63. The van der Waals surface area contributed by atoms with Crippen molar-refractivity contribution in [3.8, 4) is 0 Å². The second-order valence-corrected chi connectivity index (χ2v) is 4.92. The summed E-state index contributed by atoms with van der Waals surface area (Å²) in [7, 11) is 0. The van der Waals surface area contributed by atoms with Crippen molar-refractivity contribution < 1.29 is 9.53 Å². The van der Waals surface area contributed by atoms with E-state index >= 15 is 0 Å². The van der Waals surface area contributed by atoms with Crippen LogP contribution in [-0.2, 0) is 9.53 Å². The fourth-order valence-electron chi connectivity index (χ4n) is 2.57. The number of ether oxygens (including phenoxy) is 1. The largest absolute Gasteiger partial charge is 0.444 e. The van der Waals surface area contributed by atoms with Gasteiger partial charge in [-0.05, 0) is 26.2 Å². The van der Waals surface area contributed by atoms with Gasteiger partial charge in [0.2, 0.25) is 0 Å². The van der Waals surface area contributed by atoms with E-state index in [1.54, 1.807) is 0 Å². The van der Waals surface area contributed by atoms with Gasteiger partial charge < -0.3 is 4.74 Å². The molecule has 2 rings (SSSR count). The van der Waals surface area contributed by atoms with Crippen LogP contribution in [0.4, 0.5) is 0 Å². The van der Waals surface area contributed by atoms with E-state index in [1.165, 1.54) is 0 Å². The van der Waals surface area contributed by atoms with Gasteiger partial charge in [-0.25, -0.2) is 0 Å². The molecule has 2 fully saturated rings. The molecule has 0 aromatic heterocycles. The predicted molar refractivity (Wildman–Crippen MR) is 58.3 cm³/mol. The molecule has 0 aromatic carbocycles. The maximum atomic E-state index is 11.6. The molecule has 84 valence electrons. The van der Waals surface area contributed by atoms with E-state index < -0.39 is 5.72 Å². The molecule has 1 saturated heterocycles. The van der Waals surface area contributed by atoms with Crippen molar-refractivity contribution in [3.63, 3.8) is 0 Å². The van der Waals surface area contributed by atoms with Crippen LogP contribution in [0.5, 0.6) is 0 Å². The van der Waals surface area contributed by atoms with Crippen molar-refractivity contribution in [1.82, 2.24) is 5.32 Å². The van der Waals surface area contributed by atoms with E-state index in [2.05, 4.69) is 18.8 Å². The molecule has 3 nitrogen and oxygen atoms in total. The fraction of sp³-hybridized carbons (Fsp3) is 0.750. The van der Waals surface area contributed by atoms with Gasteiger partial charge >= 0.3 is 5.97 Å². The summed E-state index contributed by atoms with van der Waals surface area (Å²) >= 11 is 0. The van der Waals surface area contributed by atoms with Gasteiger partial charge in [-0.2, -0.15) is 0 Å². The summed E-state index contributed by atoms with van der Waals surface area (Å²) in [4.78, 5) is 11.6. The van der Waals surface area contributed by atoms with Crippen molar-refractivity contribution >= 4 is 5.97 Å². The normalized spacial score (nSPS) is 34.9. The summed E-state index contributed by atoms with van der Waals surface area (Å²) in [5, 5.41) is 3.49. The maximum Gasteiger partial charge on any atom is 0.307 e. The lowest BCUT2D eigenvalue weighted by Crippen LogP contribution is -2.54. The minimum atomic E-state index is -0.406. The van der Waals surface area contributed by atoms with Crippen LogP contribution in [0.1, 0.15) is 45.4 Å². The van der Waals surface area contributed by atoms with E-state index in [0.717, 1.165) is 32.1 Å². The van der Waals surface area contributed by atoms with Crippen molar-refractivity contribution in [3.05, 3.63) is 12.7 Å². The van der Waals surface area contributed by atoms with E-state index in [0.29, 0.717) is 6.42 Å². The molecule has 2 aliphatic rings. The number of carbonyl (C=O) groups excluding carboxylic acids is 1. The Labute approximate surface area is 90.9 Å². The summed E-state index contributed by atoms with van der Waals surface area (Å²) in [6, 6.07) is 0. The number of hydrogen-bond acceptors (Lipinski definition) is 3. The molecule has 1 atom stereocenters. The van der Waals surface area contributed by atoms with Crippen LogP contribution >= 0.6 is 0 Å². The Balaban J connectivity index is 2.23. The summed E-state index contributed by atoms with van der Waals surface area (Å²) in [6.07, 6.45) is 7.29. The maximum absolute atomic E-state index is 11.6. The monoisotopic (exact) mass is 209 g/mol. The van der Waals surface area contributed by atoms with Crippen LogP contribution < -0.4 is 5.32 Å². The summed E-state index contributed by atoms with van der Waals surface area (Å²) < 4.78 is 5.56. The van der Waals surface area contributed by atoms with Crippen LogP contribution in [0.15, 0.2) is 12.7 Å². The minimum absolute atomic E-state index is 0.0741. The fourth-order valence-corrected chi connectivity index (χ4v) is 2.57. The summed E-state index contributed by atoms with van der Waals surface area (Å²) in [5.41, 5.74) is -0.576. The van der Waals surface area contributed by atoms with Gasteiger partial charge in [-0.1, -0.05) is 6.08 Å². The van der Waals surface area contributed by atoms with E-state index in [-0.39, 0.29) is 11.5 Å². The Hall–Kier alpha value is -0.830. The Bertz CT molecular complexity index is 281. The lowest BCUT2D eigenvalue weighted by atomic mass is 9.94. The topological polar surface area (TPSA) is 38.3 Å². The Morgan fingerprint density at radius 2 is 2.07 bits per heavy atom. The van der Waals surface area contributed by atoms with Gasteiger partial charge in [-0.3, -0.25) is 10.1 Å². The first-order valence-electron chi connectivity index (χ1n) is 5.72. The average Bonchev–Trinajstić information content (AvgIpc) is 2.58. The standard InChI is InChI=1S/C12H19NO2/c1-3-11(2)9-6-10(14)15-12(13-11)7-4-5-8-12/h3,13H,1,4-9H2,2H3. The van der Waals surface area contributed by atoms with Crippen LogP contribution in [0.3, 0.4) is 0 Å². The number of hydrogen-bond donors (Lipinski definition) is 1. The Kier molecular flexibility index (Phi) is 2.59. The third kappa shape index (κ3) is 2.07. The molecule has 1 heterocycles. The molecule has 3 heteroatoms. The predicted octanol–water partition coefficient (Wildman–Crippen LogP) is 2.13. The molecular weight excluding hydrogens is 190 g/mol. The van der Waals surface area contributed by atoms with E-state index in [9.17, 15) is 4.79 Å². The smallest absolute Gasteiger partial charge is 0.307 e. The summed E-state index contributed by atoms with van der Waals surface area (Å²) in [5.74, 6) is -0.0741. The number of nitrogens with one attached hydrogen (secondary N) is 1. The molecule has 0 radical (unpaired) electrons. The molecule has 0 aromatic rings. The molecule has 1 unspecified atom stereocenters. The molecule has 0 bridgehead atoms. The molecule has 1 aliphatic heterocycles. The summed E-state index contributed by atoms with van der Waals surface area (Å²) in [6.45, 7) is 5.93. The third-order valence-corrected chi connectivity index (χ3v) is 3.53. The highest BCUT2D eigenvalue weighted by Crippen LogP contribution is 2.36. The highest BCUT2D eigenvalue weighted by atomic mass is 16.6. The van der Waals surface area contributed by atoms with Crippen LogP contribution in [0.25, 0.3) is 0 Å². The first kappa shape index (κ1) is 10.7. The van der Waals surface area contributed by atoms with Gasteiger partial charge in [0.25, 0.3) is 0 Å². The van der Waals surface area contributed by atoms with Gasteiger partial charge in [0.15, 0.2) is 5.72 Å². The molecular formula is C12H19NO2. The zero-order valence-corrected chi connectivity index (χ0v) is 9.34. The second-order valence-electron chi connectivity index (χ2n) is 4.92. The quantitative estimate of drug-likeness (QED) is 0.531. The SMILES string of the molecule is C=CC1(C)CCC(=O)OC2(CCCC2)N1. The minimum Gasteiger partial charge on any atom is -0.444 e. The van der Waals surface area contributed by atoms with Gasteiger partial charge in [0.05, 0.1) is 0 Å². The van der Waals surface area contributed by atoms with Crippen molar-refractivity contribution in [1.29, 1.82) is 0 Å². The molecule has 1 N–H and O–H groups in total. The van der Waals surface area contributed by atoms with Gasteiger partial charge in [0, 0.05) is 24.8 Å². The molecule has 1 aliphatic carbocycles. The molecule has 1 saturated carbocycles. The number of rotatable bonds is 1. The highest BCUT2D eigenvalue weighted by Gasteiger charge is 2.44. The van der Waals surface area contributed by atoms with Gasteiger partial charge in [0.1, 0.15) is 0 Å². The van der Waals surface area contributed by atoms with Crippen LogP contribution in [0, 0.1) is 0 Å². The molecule has 15 heavy (non-hydrogen) atoms. The lowest BCUT2D eigenvalue weighted by molar-refractivity contribution is -0.161. The van der Waals surface area contributed by atoms with Crippen molar-refractivity contribution in [2.24, 2.45) is 0 Å². The van der Waals surface area contributed by atoms with Crippen molar-refractivity contribution in [2.75, 3.05) is 0 Å². The number of carbonyl (C=O) groups is 1. The zero-order chi connectivity index (χ0) is 10.9. The van der Waals surface area contributed by atoms with E-state index in [1.807, 2.05) is 6.08 Å². The van der Waals surface area contributed by atoms with E-state index in [4.69, 9.17) is 4.74 Å². The van der Waals surface area contributed by atoms with Crippen LogP contribution in [-0.4, -0.2) is 17.2 Å². The first-order valence-corrected chi connectivity index (χ1v) is 5.72. The average molecular weight is 209 g/mol. The highest BCUT2D eigenvalue weighted by molar-refractivity contribution is 5.70. The van der Waals surface area contributed by atoms with Crippen LogP contribution in [0.2, 0.25) is 0 Å². The molecule has 1 spiro atoms. The first-order chi connectivity index (χ1) is 7.08. The van der Waals surface area contributed by atoms with Crippen molar-refractivity contribution in [2.45, 2.75) is 56.7 Å². The molecule has 0 amide bonds. The number of esters is 1. The van der Waals surface area contributed by atoms with Gasteiger partial charge in [-0.15, -0.1) is 6.58 Å². The third-order valence-electron chi connectivity index (χ3n) is 3.53.